The summed E-state index contributed by atoms with van der Waals surface area (Å²) in [4.78, 5) is 0. The summed E-state index contributed by atoms with van der Waals surface area (Å²) < 4.78 is 0. The molecule has 6 heavy (non-hydrogen) atoms. The van der Waals surface area contributed by atoms with Crippen LogP contribution in [-0.4, -0.2) is 39.3 Å². The second-order valence-electron chi connectivity index (χ2n) is 0.856. The van der Waals surface area contributed by atoms with Crippen molar-refractivity contribution < 1.29 is 0 Å². The first-order chi connectivity index (χ1) is 2.91. The van der Waals surface area contributed by atoms with Gasteiger partial charge in [-0.15, -0.1) is 0 Å². The van der Waals surface area contributed by atoms with Gasteiger partial charge in [0.1, 0.15) is 0 Å². The van der Waals surface area contributed by atoms with E-state index in [4.69, 9.17) is 0 Å². The van der Waals surface area contributed by atoms with E-state index in [1.54, 1.807) is 13.7 Å². The van der Waals surface area contributed by atoms with Crippen molar-refractivity contribution in [3.63, 3.8) is 0 Å². The van der Waals surface area contributed by atoms with Gasteiger partial charge in [-0.2, -0.15) is 0 Å². The van der Waals surface area contributed by atoms with Gasteiger partial charge in [0, 0.05) is 0 Å². The average molecular weight is 73.5 g/mol. The number of hydrogen-bond donors (Lipinski definition) is 0. The zero-order valence-electron chi connectivity index (χ0n) is 3.72. The fourth-order valence-electron chi connectivity index (χ4n) is 0.157. The van der Waals surface area contributed by atoms with Crippen LogP contribution in [0.3, 0.4) is 0 Å². The standard InChI is InChI=1S/C3H5B3/c1-4-3-6-5-2/h3H,1-2H2. The number of hydrogen-bond acceptors (Lipinski definition) is 0. The predicted molar refractivity (Wildman–Crippen MR) is 37.6 cm³/mol. The molecule has 0 bridgehead atoms. The normalized spacial score (nSPS) is 6.00. The van der Waals surface area contributed by atoms with E-state index in [1.807, 2.05) is 12.7 Å². The van der Waals surface area contributed by atoms with Crippen molar-refractivity contribution in [3.05, 3.63) is 0 Å². The van der Waals surface area contributed by atoms with Crippen molar-refractivity contribution in [2.75, 3.05) is 0 Å². The molecular weight excluding hydrogens is 68.5 g/mol. The van der Waals surface area contributed by atoms with Crippen molar-refractivity contribution in [1.82, 2.24) is 0 Å². The van der Waals surface area contributed by atoms with Gasteiger partial charge in [0.15, 0.2) is 0 Å². The molecule has 0 N–H and O–H groups in total. The summed E-state index contributed by atoms with van der Waals surface area (Å²) in [6.07, 6.45) is 0. The molecule has 0 aromatic heterocycles. The SMILES string of the molecule is C=B/B=C\B=C. The van der Waals surface area contributed by atoms with Gasteiger partial charge in [-0.05, 0) is 0 Å². The Kier molecular flexibility index (Phi) is 4.65. The molecule has 0 aliphatic carbocycles. The maximum atomic E-state index is 3.46. The quantitative estimate of drug-likeness (QED) is 0.354. The maximum absolute atomic E-state index is 3.46. The Morgan fingerprint density at radius 2 is 2.00 bits per heavy atom. The van der Waals surface area contributed by atoms with Crippen LogP contribution in [-0.2, 0) is 0 Å². The Hall–Kier alpha value is -0.195. The first-order valence-corrected chi connectivity index (χ1v) is 1.82. The second-order valence-corrected chi connectivity index (χ2v) is 0.856. The molecule has 0 atom stereocenters. The Morgan fingerprint density at radius 1 is 1.33 bits per heavy atom. The summed E-state index contributed by atoms with van der Waals surface area (Å²) in [5.41, 5.74) is 0. The Morgan fingerprint density at radius 3 is 2.17 bits per heavy atom. The summed E-state index contributed by atoms with van der Waals surface area (Å²) in [5.74, 6) is 1.83. The molecule has 0 nitrogen and oxygen atoms in total. The van der Waals surface area contributed by atoms with E-state index in [9.17, 15) is 0 Å². The monoisotopic (exact) mass is 74.1 g/mol. The van der Waals surface area contributed by atoms with E-state index in [-0.39, 0.29) is 0 Å². The van der Waals surface area contributed by atoms with Gasteiger partial charge in [0.2, 0.25) is 0 Å². The molecule has 0 fully saturated rings. The molecule has 0 aliphatic rings. The van der Waals surface area contributed by atoms with Crippen LogP contribution in [0, 0.1) is 0 Å². The summed E-state index contributed by atoms with van der Waals surface area (Å²) in [6, 6.07) is 0. The van der Waals surface area contributed by atoms with Crippen LogP contribution in [0.5, 0.6) is 0 Å². The van der Waals surface area contributed by atoms with E-state index >= 15 is 0 Å². The van der Waals surface area contributed by atoms with Gasteiger partial charge in [-0.1, -0.05) is 0 Å². The third-order valence-corrected chi connectivity index (χ3v) is 0.383. The zero-order valence-corrected chi connectivity index (χ0v) is 3.72. The molecule has 0 saturated heterocycles. The third kappa shape index (κ3) is 3.80. The van der Waals surface area contributed by atoms with Gasteiger partial charge >= 0.3 is 39.3 Å². The molecule has 26 valence electrons. The summed E-state index contributed by atoms with van der Waals surface area (Å²) in [7, 11) is 0. The average Bonchev–Trinajstić information content (AvgIpc) is 1.61. The van der Waals surface area contributed by atoms with E-state index in [0.717, 1.165) is 0 Å². The van der Waals surface area contributed by atoms with Gasteiger partial charge in [-0.3, -0.25) is 0 Å². The van der Waals surface area contributed by atoms with Crippen LogP contribution in [0.4, 0.5) is 0 Å². The zero-order chi connectivity index (χ0) is 4.83. The van der Waals surface area contributed by atoms with Gasteiger partial charge in [0.25, 0.3) is 0 Å². The van der Waals surface area contributed by atoms with Crippen molar-refractivity contribution in [3.8, 4) is 0 Å². The molecule has 0 radical (unpaired) electrons. The molecule has 0 aromatic carbocycles. The van der Waals surface area contributed by atoms with E-state index in [1.165, 1.54) is 0 Å². The van der Waals surface area contributed by atoms with Crippen molar-refractivity contribution in [2.45, 2.75) is 0 Å². The van der Waals surface area contributed by atoms with E-state index < -0.39 is 0 Å². The molecule has 0 spiro atoms. The fourth-order valence-corrected chi connectivity index (χ4v) is 0.157. The topological polar surface area (TPSA) is 0 Å². The van der Waals surface area contributed by atoms with Crippen LogP contribution >= 0.6 is 0 Å². The van der Waals surface area contributed by atoms with Crippen molar-refractivity contribution in [2.24, 2.45) is 0 Å². The Bertz CT molecular complexity index is 64.1. The molecule has 0 aromatic rings. The van der Waals surface area contributed by atoms with Crippen LogP contribution in [0.2, 0.25) is 0 Å². The Labute approximate surface area is 40.3 Å². The van der Waals surface area contributed by atoms with Crippen molar-refractivity contribution in [1.29, 1.82) is 0 Å². The molecule has 0 heterocycles. The van der Waals surface area contributed by atoms with Gasteiger partial charge in [0.05, 0.1) is 0 Å². The minimum absolute atomic E-state index is 1.71. The molecule has 3 heteroatoms. The number of rotatable bonds is 2. The van der Waals surface area contributed by atoms with Gasteiger partial charge < -0.3 is 0 Å². The van der Waals surface area contributed by atoms with Crippen LogP contribution in [0.1, 0.15) is 0 Å². The minimum atomic E-state index is 1.71. The molecule has 0 aliphatic heterocycles. The molecule has 0 unspecified atom stereocenters. The predicted octanol–water partition coefficient (Wildman–Crippen LogP) is -1.36. The molecule has 0 amide bonds. The fraction of sp³-hybridized carbons (Fsp3) is 0. The van der Waals surface area contributed by atoms with Crippen LogP contribution < -0.4 is 0 Å². The first kappa shape index (κ1) is 5.80. The molecule has 0 saturated carbocycles. The summed E-state index contributed by atoms with van der Waals surface area (Å²) >= 11 is 0. The van der Waals surface area contributed by atoms with Gasteiger partial charge in [-0.25, -0.2) is 0 Å². The van der Waals surface area contributed by atoms with Crippen molar-refractivity contribution >= 4 is 39.3 Å². The molecular formula is C3H5B3. The molecule has 0 rings (SSSR count). The van der Waals surface area contributed by atoms with Crippen LogP contribution in [0.25, 0.3) is 0 Å². The summed E-state index contributed by atoms with van der Waals surface area (Å²) in [6.45, 7) is 12.2. The van der Waals surface area contributed by atoms with E-state index in [2.05, 4.69) is 12.9 Å². The first-order valence-electron chi connectivity index (χ1n) is 1.82. The van der Waals surface area contributed by atoms with Crippen LogP contribution in [0.15, 0.2) is 0 Å². The summed E-state index contributed by atoms with van der Waals surface area (Å²) in [5, 5.41) is 0. The Balaban J connectivity index is 3.17. The second kappa shape index (κ2) is 4.80. The van der Waals surface area contributed by atoms with E-state index in [0.29, 0.717) is 0 Å². The third-order valence-electron chi connectivity index (χ3n) is 0.383.